The normalized spacial score (nSPS) is 24.6. The zero-order chi connectivity index (χ0) is 10.3. The van der Waals surface area contributed by atoms with E-state index in [0.717, 1.165) is 23.3 Å². The van der Waals surface area contributed by atoms with Crippen LogP contribution in [0.3, 0.4) is 0 Å². The van der Waals surface area contributed by atoms with Crippen molar-refractivity contribution in [2.45, 2.75) is 32.5 Å². The van der Waals surface area contributed by atoms with Crippen LogP contribution in [-0.2, 0) is 0 Å². The first-order valence-corrected chi connectivity index (χ1v) is 5.16. The Morgan fingerprint density at radius 3 is 2.79 bits per heavy atom. The molecule has 1 heterocycles. The molecule has 2 unspecified atom stereocenters. The third kappa shape index (κ3) is 1.30. The lowest BCUT2D eigenvalue weighted by Crippen LogP contribution is -2.16. The Balaban J connectivity index is 2.52. The fourth-order valence-corrected chi connectivity index (χ4v) is 2.09. The molecule has 0 spiro atoms. The van der Waals surface area contributed by atoms with Crippen molar-refractivity contribution in [3.05, 3.63) is 28.3 Å². The fraction of sp³-hybridized carbons (Fsp3) is 0.455. The highest BCUT2D eigenvalue weighted by Crippen LogP contribution is 2.43. The number of hydrogen-bond acceptors (Lipinski definition) is 2. The molecule has 0 fully saturated rings. The van der Waals surface area contributed by atoms with Gasteiger partial charge in [0.05, 0.1) is 5.02 Å². The topological polar surface area (TPSA) is 29.5 Å². The second-order valence-electron chi connectivity index (χ2n) is 3.62. The van der Waals surface area contributed by atoms with Gasteiger partial charge >= 0.3 is 0 Å². The smallest absolute Gasteiger partial charge is 0.130 e. The number of rotatable bonds is 1. The van der Waals surface area contributed by atoms with Crippen molar-refractivity contribution in [1.29, 1.82) is 0 Å². The van der Waals surface area contributed by atoms with Gasteiger partial charge in [-0.1, -0.05) is 24.6 Å². The van der Waals surface area contributed by atoms with Gasteiger partial charge in [-0.15, -0.1) is 0 Å². The van der Waals surface area contributed by atoms with Gasteiger partial charge in [0.2, 0.25) is 0 Å². The summed E-state index contributed by atoms with van der Waals surface area (Å²) in [5.41, 5.74) is 1.78. The Morgan fingerprint density at radius 1 is 1.50 bits per heavy atom. The van der Waals surface area contributed by atoms with Crippen molar-refractivity contribution < 1.29 is 9.84 Å². The Morgan fingerprint density at radius 2 is 2.21 bits per heavy atom. The SMILES string of the molecule is CCC1Oc2c(C)ccc(Cl)c2C1O. The van der Waals surface area contributed by atoms with Crippen molar-refractivity contribution >= 4 is 11.6 Å². The number of aliphatic hydroxyl groups excluding tert-OH is 1. The van der Waals surface area contributed by atoms with Crippen LogP contribution >= 0.6 is 11.6 Å². The maximum Gasteiger partial charge on any atom is 0.130 e. The number of aryl methyl sites for hydroxylation is 1. The minimum Gasteiger partial charge on any atom is -0.487 e. The zero-order valence-electron chi connectivity index (χ0n) is 8.25. The summed E-state index contributed by atoms with van der Waals surface area (Å²) in [6.45, 7) is 3.95. The predicted molar refractivity (Wildman–Crippen MR) is 55.9 cm³/mol. The zero-order valence-corrected chi connectivity index (χ0v) is 9.01. The summed E-state index contributed by atoms with van der Waals surface area (Å²) in [7, 11) is 0. The van der Waals surface area contributed by atoms with Gasteiger partial charge in [0.25, 0.3) is 0 Å². The molecule has 0 bridgehead atoms. The lowest BCUT2D eigenvalue weighted by Gasteiger charge is -2.11. The molecule has 2 nitrogen and oxygen atoms in total. The number of benzene rings is 1. The molecular formula is C11H13ClO2. The van der Waals surface area contributed by atoms with Crippen LogP contribution in [0.1, 0.15) is 30.6 Å². The lowest BCUT2D eigenvalue weighted by molar-refractivity contribution is 0.0651. The molecule has 2 atom stereocenters. The largest absolute Gasteiger partial charge is 0.487 e. The summed E-state index contributed by atoms with van der Waals surface area (Å²) in [5.74, 6) is 0.761. The average Bonchev–Trinajstić information content (AvgIpc) is 2.51. The fourth-order valence-electron chi connectivity index (χ4n) is 1.82. The summed E-state index contributed by atoms with van der Waals surface area (Å²) < 4.78 is 5.65. The maximum atomic E-state index is 9.94. The van der Waals surface area contributed by atoms with Gasteiger partial charge in [-0.05, 0) is 25.0 Å². The molecule has 1 aromatic rings. The van der Waals surface area contributed by atoms with Crippen LogP contribution < -0.4 is 4.74 Å². The first-order valence-electron chi connectivity index (χ1n) is 4.79. The number of halogens is 1. The monoisotopic (exact) mass is 212 g/mol. The number of ether oxygens (including phenoxy) is 1. The van der Waals surface area contributed by atoms with Gasteiger partial charge in [0, 0.05) is 5.56 Å². The van der Waals surface area contributed by atoms with Crippen LogP contribution in [0.5, 0.6) is 5.75 Å². The van der Waals surface area contributed by atoms with Crippen molar-refractivity contribution in [1.82, 2.24) is 0 Å². The second-order valence-corrected chi connectivity index (χ2v) is 4.02. The van der Waals surface area contributed by atoms with Crippen molar-refractivity contribution in [2.24, 2.45) is 0 Å². The lowest BCUT2D eigenvalue weighted by atomic mass is 10.0. The van der Waals surface area contributed by atoms with Gasteiger partial charge in [-0.25, -0.2) is 0 Å². The van der Waals surface area contributed by atoms with E-state index in [-0.39, 0.29) is 6.10 Å². The molecule has 3 heteroatoms. The highest BCUT2D eigenvalue weighted by molar-refractivity contribution is 6.31. The molecular weight excluding hydrogens is 200 g/mol. The minimum absolute atomic E-state index is 0.149. The highest BCUT2D eigenvalue weighted by Gasteiger charge is 2.34. The minimum atomic E-state index is -0.581. The molecule has 14 heavy (non-hydrogen) atoms. The standard InChI is InChI=1S/C11H13ClO2/c1-3-8-10(13)9-7(12)5-4-6(2)11(9)14-8/h4-5,8,10,13H,3H2,1-2H3. The Bertz CT molecular complexity index is 363. The highest BCUT2D eigenvalue weighted by atomic mass is 35.5. The molecule has 0 saturated carbocycles. The quantitative estimate of drug-likeness (QED) is 0.776. The van der Waals surface area contributed by atoms with Crippen LogP contribution in [0.4, 0.5) is 0 Å². The molecule has 2 rings (SSSR count). The van der Waals surface area contributed by atoms with Crippen LogP contribution in [-0.4, -0.2) is 11.2 Å². The molecule has 0 radical (unpaired) electrons. The molecule has 0 aliphatic carbocycles. The average molecular weight is 213 g/mol. The van der Waals surface area contributed by atoms with Gasteiger partial charge in [-0.2, -0.15) is 0 Å². The third-order valence-electron chi connectivity index (χ3n) is 2.66. The van der Waals surface area contributed by atoms with Gasteiger partial charge in [0.1, 0.15) is 18.0 Å². The van der Waals surface area contributed by atoms with Crippen LogP contribution in [0.2, 0.25) is 5.02 Å². The van der Waals surface area contributed by atoms with Gasteiger partial charge in [-0.3, -0.25) is 0 Å². The van der Waals surface area contributed by atoms with Gasteiger partial charge in [0.15, 0.2) is 0 Å². The van der Waals surface area contributed by atoms with Crippen LogP contribution in [0, 0.1) is 6.92 Å². The molecule has 0 aromatic heterocycles. The Hall–Kier alpha value is -0.730. The van der Waals surface area contributed by atoms with E-state index in [1.54, 1.807) is 6.07 Å². The third-order valence-corrected chi connectivity index (χ3v) is 2.99. The van der Waals surface area contributed by atoms with E-state index in [0.29, 0.717) is 5.02 Å². The van der Waals surface area contributed by atoms with E-state index < -0.39 is 6.10 Å². The molecule has 1 aliphatic rings. The summed E-state index contributed by atoms with van der Waals surface area (Å²) in [6, 6.07) is 3.71. The molecule has 76 valence electrons. The summed E-state index contributed by atoms with van der Waals surface area (Å²) in [5, 5.41) is 10.5. The van der Waals surface area contributed by atoms with E-state index in [4.69, 9.17) is 16.3 Å². The molecule has 1 aliphatic heterocycles. The predicted octanol–water partition coefficient (Wildman–Crippen LogP) is 2.85. The Kier molecular flexibility index (Phi) is 2.41. The summed E-state index contributed by atoms with van der Waals surface area (Å²) >= 11 is 6.02. The number of fused-ring (bicyclic) bond motifs is 1. The molecule has 0 amide bonds. The first kappa shape index (κ1) is 9.81. The van der Waals surface area contributed by atoms with Crippen LogP contribution in [0.15, 0.2) is 12.1 Å². The van der Waals surface area contributed by atoms with Crippen molar-refractivity contribution in [2.75, 3.05) is 0 Å². The van der Waals surface area contributed by atoms with E-state index in [2.05, 4.69) is 0 Å². The molecule has 1 aromatic carbocycles. The Labute approximate surface area is 88.5 Å². The van der Waals surface area contributed by atoms with Gasteiger partial charge < -0.3 is 9.84 Å². The number of hydrogen-bond donors (Lipinski definition) is 1. The first-order chi connectivity index (χ1) is 6.65. The summed E-state index contributed by atoms with van der Waals surface area (Å²) in [4.78, 5) is 0. The number of aliphatic hydroxyl groups is 1. The van der Waals surface area contributed by atoms with E-state index in [1.807, 2.05) is 19.9 Å². The van der Waals surface area contributed by atoms with Crippen molar-refractivity contribution in [3.8, 4) is 5.75 Å². The van der Waals surface area contributed by atoms with E-state index in [9.17, 15) is 5.11 Å². The maximum absolute atomic E-state index is 9.94. The second kappa shape index (κ2) is 3.44. The molecule has 0 saturated heterocycles. The van der Waals surface area contributed by atoms with Crippen LogP contribution in [0.25, 0.3) is 0 Å². The summed E-state index contributed by atoms with van der Waals surface area (Å²) in [6.07, 6.45) is 0.0528. The van der Waals surface area contributed by atoms with E-state index >= 15 is 0 Å². The van der Waals surface area contributed by atoms with Crippen molar-refractivity contribution in [3.63, 3.8) is 0 Å². The van der Waals surface area contributed by atoms with E-state index in [1.165, 1.54) is 0 Å². The molecule has 1 N–H and O–H groups in total.